The smallest absolute Gasteiger partial charge is 0.260 e. The highest BCUT2D eigenvalue weighted by atomic mass is 35.5. The molecular formula is C51H53ClN4O6. The fraction of sp³-hybridized carbons (Fsp3) is 0.294. The van der Waals surface area contributed by atoms with Gasteiger partial charge in [-0.3, -0.25) is 14.5 Å². The molecule has 11 heteroatoms. The number of hydrogen-bond acceptors (Lipinski definition) is 7. The number of carbonyl (C=O) groups excluding carboxylic acids is 2. The number of halogens is 1. The monoisotopic (exact) mass is 852 g/mol. The Labute approximate surface area is 369 Å². The molecule has 62 heavy (non-hydrogen) atoms. The second-order valence-electron chi connectivity index (χ2n) is 16.0. The normalized spacial score (nSPS) is 15.2. The van der Waals surface area contributed by atoms with Gasteiger partial charge in [-0.15, -0.1) is 0 Å². The van der Waals surface area contributed by atoms with E-state index in [2.05, 4.69) is 23.1 Å². The van der Waals surface area contributed by atoms with Crippen LogP contribution in [0, 0.1) is 13.8 Å². The minimum Gasteiger partial charge on any atom is -0.496 e. The van der Waals surface area contributed by atoms with Crippen molar-refractivity contribution in [2.24, 2.45) is 7.05 Å². The van der Waals surface area contributed by atoms with Crippen LogP contribution in [-0.4, -0.2) is 79.3 Å². The van der Waals surface area contributed by atoms with E-state index in [9.17, 15) is 0 Å². The van der Waals surface area contributed by atoms with Crippen LogP contribution in [0.2, 0.25) is 5.02 Å². The third-order valence-electron chi connectivity index (χ3n) is 12.3. The number of rotatable bonds is 13. The average Bonchev–Trinajstić information content (AvgIpc) is 3.60. The van der Waals surface area contributed by atoms with Crippen LogP contribution in [0.1, 0.15) is 54.2 Å². The Balaban J connectivity index is 1.16. The number of nitrogens with zero attached hydrogens (tertiary/aromatic N) is 4. The lowest BCUT2D eigenvalue weighted by molar-refractivity contribution is 0.0193. The summed E-state index contributed by atoms with van der Waals surface area (Å²) in [6, 6.07) is 37.2. The van der Waals surface area contributed by atoms with Gasteiger partial charge in [0.2, 0.25) is 0 Å². The first-order chi connectivity index (χ1) is 30.1. The van der Waals surface area contributed by atoms with Gasteiger partial charge in [0.05, 0.1) is 50.1 Å². The third-order valence-corrected chi connectivity index (χ3v) is 12.6. The Hall–Kier alpha value is -6.07. The maximum atomic E-state index is 15.2. The van der Waals surface area contributed by atoms with E-state index < -0.39 is 0 Å². The lowest BCUT2D eigenvalue weighted by Crippen LogP contribution is -2.52. The van der Waals surface area contributed by atoms with Crippen LogP contribution in [0.3, 0.4) is 0 Å². The molecular weight excluding hydrogens is 800 g/mol. The van der Waals surface area contributed by atoms with E-state index in [0.717, 1.165) is 59.8 Å². The van der Waals surface area contributed by atoms with Crippen LogP contribution >= 0.6 is 11.6 Å². The van der Waals surface area contributed by atoms with Crippen molar-refractivity contribution in [3.05, 3.63) is 165 Å². The quantitative estimate of drug-likeness (QED) is 0.115. The van der Waals surface area contributed by atoms with Gasteiger partial charge in [-0.2, -0.15) is 0 Å². The van der Waals surface area contributed by atoms with Crippen molar-refractivity contribution in [2.75, 3.05) is 52.0 Å². The second kappa shape index (κ2) is 18.9. The minimum atomic E-state index is -0.199. The maximum Gasteiger partial charge on any atom is 0.260 e. The summed E-state index contributed by atoms with van der Waals surface area (Å²) in [6.07, 6.45) is 0.740. The molecule has 1 atom stereocenters. The van der Waals surface area contributed by atoms with Crippen LogP contribution in [0.15, 0.2) is 115 Å². The number of hydrogen-bond donors (Lipinski definition) is 0. The molecule has 8 rings (SSSR count). The summed E-state index contributed by atoms with van der Waals surface area (Å²) < 4.78 is 25.1. The van der Waals surface area contributed by atoms with Crippen molar-refractivity contribution in [3.63, 3.8) is 0 Å². The summed E-state index contributed by atoms with van der Waals surface area (Å²) in [5.74, 6) is 1.52. The van der Waals surface area contributed by atoms with E-state index >= 15 is 9.59 Å². The first-order valence-electron chi connectivity index (χ1n) is 21.1. The number of amides is 2. The van der Waals surface area contributed by atoms with Crippen molar-refractivity contribution < 1.29 is 28.5 Å². The van der Waals surface area contributed by atoms with Gasteiger partial charge in [-0.25, -0.2) is 0 Å². The van der Waals surface area contributed by atoms with Gasteiger partial charge >= 0.3 is 0 Å². The number of fused-ring (bicyclic) bond motifs is 1. The number of methoxy groups -OCH3 is 2. The number of carbonyl (C=O) groups is 2. The Kier molecular flexibility index (Phi) is 13.0. The fourth-order valence-corrected chi connectivity index (χ4v) is 8.85. The van der Waals surface area contributed by atoms with Gasteiger partial charge < -0.3 is 33.3 Å². The number of aromatic nitrogens is 1. The molecule has 0 bridgehead atoms. The number of anilines is 1. The van der Waals surface area contributed by atoms with Gasteiger partial charge in [-0.1, -0.05) is 78.3 Å². The number of benzene rings is 5. The van der Waals surface area contributed by atoms with E-state index in [1.807, 2.05) is 115 Å². The summed E-state index contributed by atoms with van der Waals surface area (Å²) in [7, 11) is 5.12. The predicted molar refractivity (Wildman–Crippen MR) is 244 cm³/mol. The predicted octanol–water partition coefficient (Wildman–Crippen LogP) is 9.30. The molecule has 2 aliphatic heterocycles. The molecule has 1 saturated heterocycles. The second-order valence-corrected chi connectivity index (χ2v) is 16.4. The molecule has 0 saturated carbocycles. The first-order valence-corrected chi connectivity index (χ1v) is 21.4. The lowest BCUT2D eigenvalue weighted by atomic mass is 9.92. The minimum absolute atomic E-state index is 0.0685. The summed E-state index contributed by atoms with van der Waals surface area (Å²) in [5, 5.41) is 0.365. The first kappa shape index (κ1) is 42.6. The Morgan fingerprint density at radius 2 is 1.52 bits per heavy atom. The Bertz CT molecular complexity index is 2550. The van der Waals surface area contributed by atoms with Crippen LogP contribution in [0.25, 0.3) is 11.3 Å². The molecule has 2 aliphatic rings. The average molecular weight is 853 g/mol. The topological polar surface area (TPSA) is 85.7 Å². The van der Waals surface area contributed by atoms with E-state index in [1.54, 1.807) is 31.3 Å². The van der Waals surface area contributed by atoms with Gasteiger partial charge in [-0.05, 0) is 96.6 Å². The van der Waals surface area contributed by atoms with Crippen molar-refractivity contribution in [3.8, 4) is 28.5 Å². The van der Waals surface area contributed by atoms with Crippen molar-refractivity contribution in [2.45, 2.75) is 46.0 Å². The zero-order valence-electron chi connectivity index (χ0n) is 36.0. The van der Waals surface area contributed by atoms with Crippen LogP contribution in [0.5, 0.6) is 17.2 Å². The SMILES string of the molecule is COc1cc(C(=O)N2Cc3ccccc3C[C@H]2CN2CCOCC2)c(-c2cc(C(=O)N(Cc3cccc(OC)c3C)c3ccc(OCc4ccccc4)cc3)c(C)n2C)cc1Cl. The van der Waals surface area contributed by atoms with Gasteiger partial charge in [0, 0.05) is 61.9 Å². The standard InChI is InChI=1S/C51H53ClN4O6/c1-34-38(16-11-17-48(34)59-4)30-55(40-18-20-42(21-19-40)62-33-36-12-7-6-8-13-36)50(57)43-28-47(53(3)35(43)2)44-27-46(52)49(60-5)29-45(44)51(58)56-31-39-15-10-9-14-37(39)26-41(56)32-54-22-24-61-25-23-54/h6-21,27-29,41H,22-26,30-33H2,1-5H3/t41-/m0/s1. The fourth-order valence-electron chi connectivity index (χ4n) is 8.61. The molecule has 0 N–H and O–H groups in total. The van der Waals surface area contributed by atoms with Gasteiger partial charge in [0.25, 0.3) is 11.8 Å². The highest BCUT2D eigenvalue weighted by Gasteiger charge is 2.35. The molecule has 5 aromatic carbocycles. The molecule has 320 valence electrons. The lowest BCUT2D eigenvalue weighted by Gasteiger charge is -2.40. The molecule has 0 aliphatic carbocycles. The molecule has 1 aromatic heterocycles. The molecule has 6 aromatic rings. The summed E-state index contributed by atoms with van der Waals surface area (Å²) in [6.45, 7) is 8.84. The third kappa shape index (κ3) is 8.95. The van der Waals surface area contributed by atoms with Crippen molar-refractivity contribution in [1.29, 1.82) is 0 Å². The highest BCUT2D eigenvalue weighted by Crippen LogP contribution is 2.38. The highest BCUT2D eigenvalue weighted by molar-refractivity contribution is 6.32. The van der Waals surface area contributed by atoms with E-state index in [4.69, 9.17) is 30.5 Å². The van der Waals surface area contributed by atoms with Crippen LogP contribution in [0.4, 0.5) is 5.69 Å². The van der Waals surface area contributed by atoms with E-state index in [1.165, 1.54) is 5.56 Å². The molecule has 0 unspecified atom stereocenters. The molecule has 0 radical (unpaired) electrons. The van der Waals surface area contributed by atoms with Gasteiger partial charge in [0.15, 0.2) is 0 Å². The van der Waals surface area contributed by atoms with E-state index in [0.29, 0.717) is 71.0 Å². The zero-order chi connectivity index (χ0) is 43.3. The summed E-state index contributed by atoms with van der Waals surface area (Å²) in [4.78, 5) is 36.5. The molecule has 3 heterocycles. The summed E-state index contributed by atoms with van der Waals surface area (Å²) >= 11 is 6.88. The van der Waals surface area contributed by atoms with Gasteiger partial charge in [0.1, 0.15) is 23.9 Å². The maximum absolute atomic E-state index is 15.2. The molecule has 1 fully saturated rings. The molecule has 10 nitrogen and oxygen atoms in total. The number of ether oxygens (including phenoxy) is 4. The largest absolute Gasteiger partial charge is 0.496 e. The molecule has 0 spiro atoms. The van der Waals surface area contributed by atoms with Crippen molar-refractivity contribution >= 4 is 29.1 Å². The molecule has 2 amide bonds. The zero-order valence-corrected chi connectivity index (χ0v) is 36.8. The summed E-state index contributed by atoms with van der Waals surface area (Å²) in [5.41, 5.74) is 9.03. The van der Waals surface area contributed by atoms with Crippen LogP contribution < -0.4 is 19.1 Å². The Morgan fingerprint density at radius 1 is 0.806 bits per heavy atom. The Morgan fingerprint density at radius 3 is 2.24 bits per heavy atom. The number of morpholine rings is 1. The van der Waals surface area contributed by atoms with E-state index in [-0.39, 0.29) is 24.4 Å². The van der Waals surface area contributed by atoms with Crippen molar-refractivity contribution in [1.82, 2.24) is 14.4 Å². The van der Waals surface area contributed by atoms with Crippen LogP contribution in [-0.2, 0) is 37.9 Å².